The number of rotatable bonds is 6. The Kier molecular flexibility index (Phi) is 7.21. The number of amides is 1. The number of unbranched alkanes of at least 4 members (excludes halogenated alkanes) is 1. The number of carbonyl (C=O) groups excluding carboxylic acids is 2. The maximum absolute atomic E-state index is 12.1. The van der Waals surface area contributed by atoms with Crippen molar-refractivity contribution in [3.63, 3.8) is 0 Å². The van der Waals surface area contributed by atoms with E-state index in [0.717, 1.165) is 32.5 Å². The first kappa shape index (κ1) is 17.6. The third-order valence-electron chi connectivity index (χ3n) is 4.10. The Morgan fingerprint density at radius 3 is 2.70 bits per heavy atom. The summed E-state index contributed by atoms with van der Waals surface area (Å²) in [6.07, 6.45) is 3.28. The molecule has 0 N–H and O–H groups in total. The molecule has 0 unspecified atom stereocenters. The Labute approximate surface area is 138 Å². The average Bonchev–Trinajstić information content (AvgIpc) is 3.16. The lowest BCUT2D eigenvalue weighted by Gasteiger charge is -2.14. The summed E-state index contributed by atoms with van der Waals surface area (Å²) in [7, 11) is 0. The van der Waals surface area contributed by atoms with Gasteiger partial charge in [-0.15, -0.1) is 0 Å². The van der Waals surface area contributed by atoms with E-state index in [0.29, 0.717) is 26.1 Å². The van der Waals surface area contributed by atoms with Crippen LogP contribution in [-0.4, -0.2) is 67.3 Å². The molecule has 2 rings (SSSR count). The van der Waals surface area contributed by atoms with Crippen molar-refractivity contribution in [2.75, 3.05) is 39.3 Å². The zero-order chi connectivity index (χ0) is 16.5. The Bertz CT molecular complexity index is 463. The van der Waals surface area contributed by atoms with Gasteiger partial charge in [0.2, 0.25) is 0 Å². The molecule has 0 bridgehead atoms. The van der Waals surface area contributed by atoms with Gasteiger partial charge in [0, 0.05) is 13.0 Å². The molecule has 2 heterocycles. The summed E-state index contributed by atoms with van der Waals surface area (Å²) in [5, 5.41) is 0. The standard InChI is InChI=1S/C17H26N2O4/c1-2-3-14-22-17(21)23-15-8-13-19(16(15)20)12-7-6-11-18-9-4-5-10-18/h15H,2-5,8-14H2,1H3/t15-/m0/s1. The van der Waals surface area contributed by atoms with Gasteiger partial charge in [0.05, 0.1) is 19.7 Å². The molecule has 0 spiro atoms. The van der Waals surface area contributed by atoms with Crippen LogP contribution < -0.4 is 0 Å². The summed E-state index contributed by atoms with van der Waals surface area (Å²) in [6, 6.07) is 0. The Morgan fingerprint density at radius 2 is 1.96 bits per heavy atom. The normalized spacial score (nSPS) is 21.2. The van der Waals surface area contributed by atoms with Crippen LogP contribution in [0.1, 0.15) is 39.0 Å². The van der Waals surface area contributed by atoms with Crippen molar-refractivity contribution in [2.45, 2.75) is 45.1 Å². The molecule has 0 aromatic rings. The van der Waals surface area contributed by atoms with Crippen LogP contribution in [0.5, 0.6) is 0 Å². The van der Waals surface area contributed by atoms with Crippen molar-refractivity contribution in [2.24, 2.45) is 0 Å². The van der Waals surface area contributed by atoms with Crippen LogP contribution in [0.3, 0.4) is 0 Å². The predicted octanol–water partition coefficient (Wildman–Crippen LogP) is 1.64. The van der Waals surface area contributed by atoms with Crippen molar-refractivity contribution in [1.29, 1.82) is 0 Å². The van der Waals surface area contributed by atoms with E-state index in [2.05, 4.69) is 16.7 Å². The second kappa shape index (κ2) is 9.41. The van der Waals surface area contributed by atoms with Gasteiger partial charge >= 0.3 is 6.16 Å². The van der Waals surface area contributed by atoms with E-state index in [9.17, 15) is 9.59 Å². The number of hydrogen-bond acceptors (Lipinski definition) is 5. The molecule has 2 saturated heterocycles. The molecule has 6 heteroatoms. The minimum atomic E-state index is -0.751. The van der Waals surface area contributed by atoms with Crippen LogP contribution >= 0.6 is 0 Å². The molecule has 23 heavy (non-hydrogen) atoms. The van der Waals surface area contributed by atoms with E-state index in [4.69, 9.17) is 9.47 Å². The average molecular weight is 322 g/mol. The minimum Gasteiger partial charge on any atom is -0.434 e. The second-order valence-corrected chi connectivity index (χ2v) is 5.94. The number of hydrogen-bond donors (Lipinski definition) is 0. The predicted molar refractivity (Wildman–Crippen MR) is 85.8 cm³/mol. The summed E-state index contributed by atoms with van der Waals surface area (Å²) in [6.45, 7) is 6.33. The van der Waals surface area contributed by atoms with Crippen molar-refractivity contribution in [1.82, 2.24) is 9.80 Å². The molecule has 1 amide bonds. The van der Waals surface area contributed by atoms with Gasteiger partial charge in [0.1, 0.15) is 0 Å². The SMILES string of the molecule is CCCCOC(=O)O[C@H]1CCN(CC#CCN2CCCC2)C1=O. The van der Waals surface area contributed by atoms with Gasteiger partial charge in [-0.25, -0.2) is 4.79 Å². The quantitative estimate of drug-likeness (QED) is 0.423. The molecular weight excluding hydrogens is 296 g/mol. The Balaban J connectivity index is 1.67. The topological polar surface area (TPSA) is 59.1 Å². The van der Waals surface area contributed by atoms with E-state index in [1.54, 1.807) is 4.90 Å². The fourth-order valence-electron chi connectivity index (χ4n) is 2.69. The molecule has 2 fully saturated rings. The number of nitrogens with zero attached hydrogens (tertiary/aromatic N) is 2. The number of ether oxygens (including phenoxy) is 2. The molecule has 2 aliphatic rings. The van der Waals surface area contributed by atoms with Gasteiger partial charge in [0.15, 0.2) is 6.10 Å². The van der Waals surface area contributed by atoms with Crippen molar-refractivity contribution >= 4 is 12.1 Å². The van der Waals surface area contributed by atoms with Crippen molar-refractivity contribution in [3.05, 3.63) is 0 Å². The molecule has 0 aromatic heterocycles. The molecule has 0 saturated carbocycles. The van der Waals surface area contributed by atoms with Gasteiger partial charge in [-0.2, -0.15) is 0 Å². The van der Waals surface area contributed by atoms with E-state index < -0.39 is 12.3 Å². The lowest BCUT2D eigenvalue weighted by atomic mass is 10.3. The van der Waals surface area contributed by atoms with Gasteiger partial charge < -0.3 is 14.4 Å². The van der Waals surface area contributed by atoms with Crippen LogP contribution in [0.4, 0.5) is 4.79 Å². The zero-order valence-electron chi connectivity index (χ0n) is 13.9. The highest BCUT2D eigenvalue weighted by molar-refractivity contribution is 5.85. The lowest BCUT2D eigenvalue weighted by molar-refractivity contribution is -0.135. The van der Waals surface area contributed by atoms with Crippen molar-refractivity contribution in [3.8, 4) is 11.8 Å². The molecular formula is C17H26N2O4. The van der Waals surface area contributed by atoms with Gasteiger partial charge in [-0.3, -0.25) is 9.69 Å². The summed E-state index contributed by atoms with van der Waals surface area (Å²) >= 11 is 0. The van der Waals surface area contributed by atoms with E-state index in [1.165, 1.54) is 12.8 Å². The summed E-state index contributed by atoms with van der Waals surface area (Å²) in [5.41, 5.74) is 0. The van der Waals surface area contributed by atoms with Crippen molar-refractivity contribution < 1.29 is 19.1 Å². The molecule has 0 radical (unpaired) electrons. The molecule has 6 nitrogen and oxygen atoms in total. The van der Waals surface area contributed by atoms with E-state index in [-0.39, 0.29) is 5.91 Å². The monoisotopic (exact) mass is 322 g/mol. The van der Waals surface area contributed by atoms with Gasteiger partial charge in [0.25, 0.3) is 5.91 Å². The maximum atomic E-state index is 12.1. The fourth-order valence-corrected chi connectivity index (χ4v) is 2.69. The van der Waals surface area contributed by atoms with Crippen LogP contribution in [0.25, 0.3) is 0 Å². The largest absolute Gasteiger partial charge is 0.509 e. The summed E-state index contributed by atoms with van der Waals surface area (Å²) in [4.78, 5) is 27.6. The Morgan fingerprint density at radius 1 is 1.22 bits per heavy atom. The van der Waals surface area contributed by atoms with E-state index in [1.807, 2.05) is 6.92 Å². The first-order chi connectivity index (χ1) is 11.2. The van der Waals surface area contributed by atoms with Crippen LogP contribution in [0.2, 0.25) is 0 Å². The van der Waals surface area contributed by atoms with Gasteiger partial charge in [-0.1, -0.05) is 25.2 Å². The third kappa shape index (κ3) is 5.76. The molecule has 0 aliphatic carbocycles. The first-order valence-electron chi connectivity index (χ1n) is 8.51. The summed E-state index contributed by atoms with van der Waals surface area (Å²) < 4.78 is 10.00. The highest BCUT2D eigenvalue weighted by Crippen LogP contribution is 2.15. The zero-order valence-corrected chi connectivity index (χ0v) is 13.9. The van der Waals surface area contributed by atoms with Gasteiger partial charge in [-0.05, 0) is 32.4 Å². The highest BCUT2D eigenvalue weighted by atomic mass is 16.7. The molecule has 2 aliphatic heterocycles. The second-order valence-electron chi connectivity index (χ2n) is 5.94. The first-order valence-corrected chi connectivity index (χ1v) is 8.51. The smallest absolute Gasteiger partial charge is 0.434 e. The highest BCUT2D eigenvalue weighted by Gasteiger charge is 2.34. The molecule has 128 valence electrons. The van der Waals surface area contributed by atoms with Crippen LogP contribution in [-0.2, 0) is 14.3 Å². The Hall–Kier alpha value is -1.74. The summed E-state index contributed by atoms with van der Waals surface area (Å²) in [5.74, 6) is 5.98. The molecule has 0 aromatic carbocycles. The fraction of sp³-hybridized carbons (Fsp3) is 0.765. The maximum Gasteiger partial charge on any atom is 0.509 e. The third-order valence-corrected chi connectivity index (χ3v) is 4.10. The van der Waals surface area contributed by atoms with Crippen LogP contribution in [0, 0.1) is 11.8 Å². The number of carbonyl (C=O) groups is 2. The lowest BCUT2D eigenvalue weighted by Crippen LogP contribution is -2.32. The number of likely N-dealkylation sites (tertiary alicyclic amines) is 2. The van der Waals surface area contributed by atoms with E-state index >= 15 is 0 Å². The molecule has 1 atom stereocenters. The van der Waals surface area contributed by atoms with Crippen LogP contribution in [0.15, 0.2) is 0 Å². The minimum absolute atomic E-state index is 0.173.